The lowest BCUT2D eigenvalue weighted by Gasteiger charge is -1.84. The van der Waals surface area contributed by atoms with Crippen LogP contribution < -0.4 is 5.73 Å². The van der Waals surface area contributed by atoms with E-state index < -0.39 is 4.92 Å². The molecular formula is C20H12N6O4S2. The topological polar surface area (TPSA) is 147 Å². The van der Waals surface area contributed by atoms with Crippen LogP contribution in [0, 0.1) is 10.1 Å². The quantitative estimate of drug-likeness (QED) is 0.269. The molecule has 6 aromatic rings. The van der Waals surface area contributed by atoms with Crippen molar-refractivity contribution in [3.05, 3.63) is 71.3 Å². The Bertz CT molecular complexity index is 1480. The molecule has 2 N–H and O–H groups in total. The number of rotatable bonds is 3. The van der Waals surface area contributed by atoms with Gasteiger partial charge in [-0.3, -0.25) is 20.1 Å². The number of aromatic nitrogens is 4. The van der Waals surface area contributed by atoms with Gasteiger partial charge in [-0.1, -0.05) is 11.3 Å². The molecule has 32 heavy (non-hydrogen) atoms. The van der Waals surface area contributed by atoms with Crippen LogP contribution in [0.5, 0.6) is 0 Å². The van der Waals surface area contributed by atoms with Crippen LogP contribution in [0.15, 0.2) is 70.0 Å². The van der Waals surface area contributed by atoms with Gasteiger partial charge in [0.05, 0.1) is 32.1 Å². The Kier molecular flexibility index (Phi) is 5.05. The SMILES string of the molecule is Nc1ccc(-c2nc3cnccc3o2)s1.O=[N+]([O-])c1ccc(-c2nc3cnccc3o2)s1. The largest absolute Gasteiger partial charge is 0.435 e. The number of oxazole rings is 2. The third-order valence-corrected chi connectivity index (χ3v) is 6.13. The zero-order valence-electron chi connectivity index (χ0n) is 16.0. The number of thiophene rings is 2. The molecule has 0 bridgehead atoms. The van der Waals surface area contributed by atoms with Crippen LogP contribution in [-0.2, 0) is 0 Å². The van der Waals surface area contributed by atoms with Crippen molar-refractivity contribution in [2.24, 2.45) is 0 Å². The fraction of sp³-hybridized carbons (Fsp3) is 0. The third-order valence-electron chi connectivity index (χ3n) is 4.20. The number of hydrogen-bond donors (Lipinski definition) is 1. The summed E-state index contributed by atoms with van der Waals surface area (Å²) in [6, 6.07) is 10.3. The molecule has 0 amide bonds. The maximum Gasteiger partial charge on any atom is 0.324 e. The Morgan fingerprint density at radius 1 is 0.812 bits per heavy atom. The van der Waals surface area contributed by atoms with Crippen molar-refractivity contribution in [2.45, 2.75) is 0 Å². The molecule has 10 nitrogen and oxygen atoms in total. The lowest BCUT2D eigenvalue weighted by molar-refractivity contribution is -0.380. The van der Waals surface area contributed by atoms with Crippen LogP contribution in [0.4, 0.5) is 10.0 Å². The maximum atomic E-state index is 10.6. The summed E-state index contributed by atoms with van der Waals surface area (Å²) in [5.74, 6) is 0.978. The number of anilines is 1. The zero-order chi connectivity index (χ0) is 22.1. The number of nitro groups is 1. The van der Waals surface area contributed by atoms with Gasteiger partial charge in [-0.2, -0.15) is 0 Å². The summed E-state index contributed by atoms with van der Waals surface area (Å²) >= 11 is 2.49. The molecule has 158 valence electrons. The van der Waals surface area contributed by atoms with Crippen LogP contribution in [0.2, 0.25) is 0 Å². The van der Waals surface area contributed by atoms with Crippen LogP contribution >= 0.6 is 22.7 Å². The van der Waals surface area contributed by atoms with E-state index in [0.29, 0.717) is 27.8 Å². The maximum absolute atomic E-state index is 10.6. The highest BCUT2D eigenvalue weighted by Crippen LogP contribution is 2.33. The van der Waals surface area contributed by atoms with E-state index in [1.807, 2.05) is 12.1 Å². The molecule has 0 aliphatic carbocycles. The molecule has 0 unspecified atom stereocenters. The standard InChI is InChI=1S/C10H5N3O3S.C10H7N3OS/c14-13(15)9-2-1-8(17-9)10-12-6-5-11-4-3-7(6)16-10;11-9-2-1-8(15-9)10-13-6-5-12-4-3-7(6)14-10/h1-5H;1-5H,11H2. The van der Waals surface area contributed by atoms with Gasteiger partial charge in [-0.05, 0) is 18.2 Å². The minimum absolute atomic E-state index is 0.0698. The highest BCUT2D eigenvalue weighted by atomic mass is 32.1. The van der Waals surface area contributed by atoms with Gasteiger partial charge in [-0.15, -0.1) is 11.3 Å². The van der Waals surface area contributed by atoms with E-state index in [4.69, 9.17) is 14.6 Å². The molecule has 12 heteroatoms. The third kappa shape index (κ3) is 3.91. The van der Waals surface area contributed by atoms with E-state index in [9.17, 15) is 10.1 Å². The second kappa shape index (κ2) is 8.17. The summed E-state index contributed by atoms with van der Waals surface area (Å²) in [6.07, 6.45) is 6.55. The second-order valence-electron chi connectivity index (χ2n) is 6.32. The Morgan fingerprint density at radius 2 is 1.38 bits per heavy atom. The van der Waals surface area contributed by atoms with Gasteiger partial charge >= 0.3 is 5.00 Å². The number of pyridine rings is 2. The Labute approximate surface area is 187 Å². The molecule has 0 aromatic carbocycles. The number of fused-ring (bicyclic) bond motifs is 2. The van der Waals surface area contributed by atoms with Crippen LogP contribution in [0.3, 0.4) is 0 Å². The van der Waals surface area contributed by atoms with Crippen molar-refractivity contribution in [1.29, 1.82) is 0 Å². The van der Waals surface area contributed by atoms with Crippen molar-refractivity contribution in [3.63, 3.8) is 0 Å². The predicted octanol–water partition coefficient (Wildman–Crippen LogP) is 5.39. The minimum atomic E-state index is -0.432. The van der Waals surface area contributed by atoms with Gasteiger partial charge < -0.3 is 14.6 Å². The lowest BCUT2D eigenvalue weighted by Crippen LogP contribution is -1.80. The summed E-state index contributed by atoms with van der Waals surface area (Å²) < 4.78 is 11.1. The normalized spacial score (nSPS) is 10.9. The van der Waals surface area contributed by atoms with Gasteiger partial charge in [0.15, 0.2) is 11.2 Å². The molecule has 6 heterocycles. The molecule has 0 radical (unpaired) electrons. The minimum Gasteiger partial charge on any atom is -0.435 e. The Balaban J connectivity index is 0.000000136. The first-order valence-corrected chi connectivity index (χ1v) is 10.7. The average Bonchev–Trinajstić information content (AvgIpc) is 3.58. The van der Waals surface area contributed by atoms with Gasteiger partial charge in [0.1, 0.15) is 11.0 Å². The van der Waals surface area contributed by atoms with Crippen molar-refractivity contribution < 1.29 is 13.8 Å². The number of hydrogen-bond acceptors (Lipinski definition) is 11. The average molecular weight is 464 g/mol. The van der Waals surface area contributed by atoms with Crippen LogP contribution in [0.1, 0.15) is 0 Å². The first kappa shape index (κ1) is 19.8. The monoisotopic (exact) mass is 464 g/mol. The summed E-state index contributed by atoms with van der Waals surface area (Å²) in [6.45, 7) is 0. The highest BCUT2D eigenvalue weighted by Gasteiger charge is 2.15. The zero-order valence-corrected chi connectivity index (χ0v) is 17.7. The lowest BCUT2D eigenvalue weighted by atomic mass is 10.4. The molecular weight excluding hydrogens is 452 g/mol. The molecule has 0 spiro atoms. The molecule has 0 fully saturated rings. The van der Waals surface area contributed by atoms with Crippen molar-refractivity contribution in [3.8, 4) is 21.5 Å². The molecule has 6 aromatic heterocycles. The number of nitrogens with zero attached hydrogens (tertiary/aromatic N) is 5. The summed E-state index contributed by atoms with van der Waals surface area (Å²) in [7, 11) is 0. The molecule has 0 atom stereocenters. The smallest absolute Gasteiger partial charge is 0.324 e. The Morgan fingerprint density at radius 3 is 1.84 bits per heavy atom. The van der Waals surface area contributed by atoms with E-state index in [-0.39, 0.29) is 5.00 Å². The number of nitrogen functional groups attached to an aromatic ring is 1. The van der Waals surface area contributed by atoms with E-state index in [0.717, 1.165) is 32.3 Å². The van der Waals surface area contributed by atoms with Crippen molar-refractivity contribution in [1.82, 2.24) is 19.9 Å². The molecule has 6 rings (SSSR count). The van der Waals surface area contributed by atoms with Gasteiger partial charge in [0.25, 0.3) is 0 Å². The summed E-state index contributed by atoms with van der Waals surface area (Å²) in [4.78, 5) is 28.2. The van der Waals surface area contributed by atoms with Crippen molar-refractivity contribution >= 4 is 54.9 Å². The molecule has 0 aliphatic rings. The predicted molar refractivity (Wildman–Crippen MR) is 121 cm³/mol. The molecule has 0 saturated heterocycles. The van der Waals surface area contributed by atoms with Crippen molar-refractivity contribution in [2.75, 3.05) is 5.73 Å². The first-order valence-electron chi connectivity index (χ1n) is 9.08. The second-order valence-corrected chi connectivity index (χ2v) is 8.50. The van der Waals surface area contributed by atoms with E-state index in [1.54, 1.807) is 43.0 Å². The van der Waals surface area contributed by atoms with Crippen LogP contribution in [0.25, 0.3) is 43.7 Å². The molecule has 0 saturated carbocycles. The highest BCUT2D eigenvalue weighted by molar-refractivity contribution is 7.19. The molecule has 0 aliphatic heterocycles. The summed E-state index contributed by atoms with van der Waals surface area (Å²) in [5.41, 5.74) is 8.41. The first-order chi connectivity index (χ1) is 15.6. The Hall–Kier alpha value is -4.16. The van der Waals surface area contributed by atoms with E-state index in [2.05, 4.69) is 19.9 Å². The van der Waals surface area contributed by atoms with Gasteiger partial charge in [0, 0.05) is 30.6 Å². The van der Waals surface area contributed by atoms with Gasteiger partial charge in [-0.25, -0.2) is 9.97 Å². The summed E-state index contributed by atoms with van der Waals surface area (Å²) in [5, 5.41) is 11.4. The fourth-order valence-electron chi connectivity index (χ4n) is 2.78. The fourth-order valence-corrected chi connectivity index (χ4v) is 4.23. The van der Waals surface area contributed by atoms with Gasteiger partial charge in [0.2, 0.25) is 11.8 Å². The van der Waals surface area contributed by atoms with Crippen LogP contribution in [-0.4, -0.2) is 24.9 Å². The number of nitrogens with two attached hydrogens (primary N) is 1. The van der Waals surface area contributed by atoms with E-state index in [1.165, 1.54) is 17.4 Å². The van der Waals surface area contributed by atoms with E-state index >= 15 is 0 Å².